The number of carboxylic acid groups (broad SMARTS) is 1. The number of carboxylic acids is 1. The molecule has 20 heavy (non-hydrogen) atoms. The van der Waals surface area contributed by atoms with Crippen molar-refractivity contribution < 1.29 is 18.3 Å². The van der Waals surface area contributed by atoms with Crippen LogP contribution in [-0.2, 0) is 21.4 Å². The Morgan fingerprint density at radius 2 is 2.10 bits per heavy atom. The molecule has 1 aliphatic carbocycles. The summed E-state index contributed by atoms with van der Waals surface area (Å²) < 4.78 is 28.4. The molecule has 2 rings (SSSR count). The van der Waals surface area contributed by atoms with Gasteiger partial charge in [-0.25, -0.2) is 13.1 Å². The first-order valence-corrected chi connectivity index (χ1v) is 8.22. The van der Waals surface area contributed by atoms with Gasteiger partial charge in [-0.1, -0.05) is 19.3 Å². The maximum Gasteiger partial charge on any atom is 0.305 e. The number of nitrogens with one attached hydrogen (secondary N) is 1. The van der Waals surface area contributed by atoms with Crippen molar-refractivity contribution in [1.29, 1.82) is 0 Å². The molecule has 0 atom stereocenters. The molecular formula is C12H19N3O4S. The summed E-state index contributed by atoms with van der Waals surface area (Å²) in [6.45, 7) is 0.161. The van der Waals surface area contributed by atoms with Crippen molar-refractivity contribution in [2.24, 2.45) is 0 Å². The van der Waals surface area contributed by atoms with Gasteiger partial charge in [0.1, 0.15) is 4.90 Å². The fourth-order valence-electron chi connectivity index (χ4n) is 2.32. The smallest absolute Gasteiger partial charge is 0.305 e. The second-order valence-electron chi connectivity index (χ2n) is 5.04. The second kappa shape index (κ2) is 6.36. The Morgan fingerprint density at radius 1 is 1.40 bits per heavy atom. The van der Waals surface area contributed by atoms with E-state index in [1.54, 1.807) is 0 Å². The van der Waals surface area contributed by atoms with Crippen LogP contribution >= 0.6 is 0 Å². The Balaban J connectivity index is 1.99. The van der Waals surface area contributed by atoms with E-state index >= 15 is 0 Å². The van der Waals surface area contributed by atoms with E-state index in [-0.39, 0.29) is 23.9 Å². The lowest BCUT2D eigenvalue weighted by Gasteiger charge is -2.22. The Morgan fingerprint density at radius 3 is 2.75 bits per heavy atom. The highest BCUT2D eigenvalue weighted by Crippen LogP contribution is 2.19. The van der Waals surface area contributed by atoms with Crippen LogP contribution in [0.3, 0.4) is 0 Å². The maximum absolute atomic E-state index is 12.2. The quantitative estimate of drug-likeness (QED) is 0.815. The van der Waals surface area contributed by atoms with E-state index in [0.29, 0.717) is 0 Å². The van der Waals surface area contributed by atoms with Crippen LogP contribution in [0.2, 0.25) is 0 Å². The summed E-state index contributed by atoms with van der Waals surface area (Å²) in [6, 6.07) is -0.00359. The lowest BCUT2D eigenvalue weighted by Crippen LogP contribution is -2.36. The molecule has 0 spiro atoms. The summed E-state index contributed by atoms with van der Waals surface area (Å²) >= 11 is 0. The molecule has 1 heterocycles. The van der Waals surface area contributed by atoms with Crippen LogP contribution in [0.5, 0.6) is 0 Å². The minimum absolute atomic E-state index is 0.00359. The fraction of sp³-hybridized carbons (Fsp3) is 0.667. The molecule has 0 unspecified atom stereocenters. The van der Waals surface area contributed by atoms with Crippen LogP contribution in [0.25, 0.3) is 0 Å². The summed E-state index contributed by atoms with van der Waals surface area (Å²) in [7, 11) is -3.56. The monoisotopic (exact) mass is 301 g/mol. The minimum atomic E-state index is -3.56. The molecule has 0 bridgehead atoms. The van der Waals surface area contributed by atoms with E-state index in [2.05, 4.69) is 9.82 Å². The molecule has 1 aromatic rings. The van der Waals surface area contributed by atoms with Crippen molar-refractivity contribution in [1.82, 2.24) is 14.5 Å². The molecule has 1 fully saturated rings. The molecule has 112 valence electrons. The average molecular weight is 301 g/mol. The van der Waals surface area contributed by atoms with Crippen molar-refractivity contribution in [2.75, 3.05) is 0 Å². The SMILES string of the molecule is O=C(O)CCn1cc(S(=O)(=O)NC2CCCCC2)cn1. The van der Waals surface area contributed by atoms with Gasteiger partial charge in [0, 0.05) is 12.2 Å². The number of aromatic nitrogens is 2. The summed E-state index contributed by atoms with van der Waals surface area (Å²) in [5, 5.41) is 12.5. The van der Waals surface area contributed by atoms with E-state index in [1.807, 2.05) is 0 Å². The number of aryl methyl sites for hydroxylation is 1. The second-order valence-corrected chi connectivity index (χ2v) is 6.75. The van der Waals surface area contributed by atoms with Gasteiger partial charge >= 0.3 is 5.97 Å². The van der Waals surface area contributed by atoms with Crippen LogP contribution < -0.4 is 4.72 Å². The first-order chi connectivity index (χ1) is 9.47. The predicted molar refractivity (Wildman–Crippen MR) is 71.7 cm³/mol. The topological polar surface area (TPSA) is 101 Å². The van der Waals surface area contributed by atoms with Gasteiger partial charge in [-0.2, -0.15) is 5.10 Å². The molecule has 0 aromatic carbocycles. The molecular weight excluding hydrogens is 282 g/mol. The lowest BCUT2D eigenvalue weighted by atomic mass is 9.96. The van der Waals surface area contributed by atoms with Gasteiger partial charge in [-0.3, -0.25) is 9.48 Å². The highest BCUT2D eigenvalue weighted by atomic mass is 32.2. The lowest BCUT2D eigenvalue weighted by molar-refractivity contribution is -0.137. The summed E-state index contributed by atoms with van der Waals surface area (Å²) in [5.74, 6) is -0.940. The number of rotatable bonds is 6. The molecule has 8 heteroatoms. The van der Waals surface area contributed by atoms with Gasteiger partial charge in [-0.05, 0) is 12.8 Å². The van der Waals surface area contributed by atoms with E-state index in [0.717, 1.165) is 32.1 Å². The number of sulfonamides is 1. The maximum atomic E-state index is 12.2. The predicted octanol–water partition coefficient (Wildman–Crippen LogP) is 0.969. The van der Waals surface area contributed by atoms with Crippen molar-refractivity contribution in [3.05, 3.63) is 12.4 Å². The molecule has 0 aliphatic heterocycles. The fourth-order valence-corrected chi connectivity index (χ4v) is 3.58. The third-order valence-electron chi connectivity index (χ3n) is 3.40. The van der Waals surface area contributed by atoms with Crippen molar-refractivity contribution in [3.8, 4) is 0 Å². The normalized spacial score (nSPS) is 17.2. The van der Waals surface area contributed by atoms with E-state index in [1.165, 1.54) is 17.1 Å². The number of carbonyl (C=O) groups is 1. The first kappa shape index (κ1) is 15.0. The van der Waals surface area contributed by atoms with Gasteiger partial charge in [0.25, 0.3) is 0 Å². The highest BCUT2D eigenvalue weighted by Gasteiger charge is 2.23. The van der Waals surface area contributed by atoms with Crippen molar-refractivity contribution in [3.63, 3.8) is 0 Å². The van der Waals surface area contributed by atoms with Gasteiger partial charge in [0.2, 0.25) is 10.0 Å². The Kier molecular flexibility index (Phi) is 4.77. The zero-order chi connectivity index (χ0) is 14.6. The number of nitrogens with zero attached hydrogens (tertiary/aromatic N) is 2. The number of hydrogen-bond donors (Lipinski definition) is 2. The molecule has 0 saturated heterocycles. The van der Waals surface area contributed by atoms with Gasteiger partial charge < -0.3 is 5.11 Å². The largest absolute Gasteiger partial charge is 0.481 e. The Labute approximate surface area is 118 Å². The van der Waals surface area contributed by atoms with Crippen LogP contribution in [0.15, 0.2) is 17.3 Å². The van der Waals surface area contributed by atoms with Crippen LogP contribution in [-0.4, -0.2) is 35.3 Å². The van der Waals surface area contributed by atoms with Gasteiger partial charge in [-0.15, -0.1) is 0 Å². The molecule has 1 aromatic heterocycles. The van der Waals surface area contributed by atoms with Crippen molar-refractivity contribution >= 4 is 16.0 Å². The minimum Gasteiger partial charge on any atom is -0.481 e. The van der Waals surface area contributed by atoms with Crippen LogP contribution in [0.1, 0.15) is 38.5 Å². The van der Waals surface area contributed by atoms with Crippen molar-refractivity contribution in [2.45, 2.75) is 56.0 Å². The first-order valence-electron chi connectivity index (χ1n) is 6.74. The standard InChI is InChI=1S/C12H19N3O4S/c16-12(17)6-7-15-9-11(8-13-15)20(18,19)14-10-4-2-1-3-5-10/h8-10,14H,1-7H2,(H,16,17). The van der Waals surface area contributed by atoms with Crippen LogP contribution in [0.4, 0.5) is 0 Å². The molecule has 1 aliphatic rings. The summed E-state index contributed by atoms with van der Waals surface area (Å²) in [6.07, 6.45) is 7.53. The summed E-state index contributed by atoms with van der Waals surface area (Å²) in [5.41, 5.74) is 0. The zero-order valence-corrected chi connectivity index (χ0v) is 12.0. The Bertz CT molecular complexity index is 561. The van der Waals surface area contributed by atoms with E-state index < -0.39 is 16.0 Å². The molecule has 7 nitrogen and oxygen atoms in total. The highest BCUT2D eigenvalue weighted by molar-refractivity contribution is 7.89. The third-order valence-corrected chi connectivity index (χ3v) is 4.88. The molecule has 2 N–H and O–H groups in total. The third kappa shape index (κ3) is 4.04. The molecule has 0 radical (unpaired) electrons. The van der Waals surface area contributed by atoms with Gasteiger partial charge in [0.15, 0.2) is 0 Å². The Hall–Kier alpha value is -1.41. The van der Waals surface area contributed by atoms with Crippen LogP contribution in [0, 0.1) is 0 Å². The zero-order valence-electron chi connectivity index (χ0n) is 11.2. The molecule has 1 saturated carbocycles. The van der Waals surface area contributed by atoms with E-state index in [9.17, 15) is 13.2 Å². The number of aliphatic carboxylic acids is 1. The average Bonchev–Trinajstić information content (AvgIpc) is 2.86. The van der Waals surface area contributed by atoms with E-state index in [4.69, 9.17) is 5.11 Å². The number of hydrogen-bond acceptors (Lipinski definition) is 4. The molecule has 0 amide bonds. The van der Waals surface area contributed by atoms with Gasteiger partial charge in [0.05, 0.1) is 19.2 Å². The summed E-state index contributed by atoms with van der Waals surface area (Å²) in [4.78, 5) is 10.6.